The van der Waals surface area contributed by atoms with Crippen molar-refractivity contribution in [2.75, 3.05) is 5.32 Å². The van der Waals surface area contributed by atoms with Crippen molar-refractivity contribution in [1.29, 1.82) is 0 Å². The highest BCUT2D eigenvalue weighted by Crippen LogP contribution is 2.27. The summed E-state index contributed by atoms with van der Waals surface area (Å²) < 4.78 is 0. The van der Waals surface area contributed by atoms with Crippen molar-refractivity contribution in [3.05, 3.63) is 63.1 Å². The average Bonchev–Trinajstić information content (AvgIpc) is 2.50. The van der Waals surface area contributed by atoms with Crippen molar-refractivity contribution in [2.24, 2.45) is 5.73 Å². The largest absolute Gasteiger partial charge is 0.352 e. The number of halogens is 3. The van der Waals surface area contributed by atoms with Crippen molar-refractivity contribution in [1.82, 2.24) is 5.32 Å². The molecule has 126 valence electrons. The second-order valence-corrected chi connectivity index (χ2v) is 6.19. The topological polar surface area (TPSA) is 84.2 Å². The molecule has 0 aliphatic heterocycles. The SMILES string of the molecule is NC(=O)NC(CC(=O)Nc1ccc(Cl)c(Cl)c1)c1ccccc1Cl. The molecular formula is C16H14Cl3N3O2. The lowest BCUT2D eigenvalue weighted by atomic mass is 10.0. The predicted octanol–water partition coefficient (Wildman–Crippen LogP) is 4.39. The maximum Gasteiger partial charge on any atom is 0.312 e. The van der Waals surface area contributed by atoms with E-state index in [1.807, 2.05) is 0 Å². The van der Waals surface area contributed by atoms with Crippen molar-refractivity contribution in [3.63, 3.8) is 0 Å². The first-order valence-electron chi connectivity index (χ1n) is 6.92. The number of nitrogens with two attached hydrogens (primary N) is 1. The fraction of sp³-hybridized carbons (Fsp3) is 0.125. The zero-order valence-corrected chi connectivity index (χ0v) is 14.6. The minimum Gasteiger partial charge on any atom is -0.352 e. The predicted molar refractivity (Wildman–Crippen MR) is 96.6 cm³/mol. The third-order valence-electron chi connectivity index (χ3n) is 3.19. The minimum atomic E-state index is -0.748. The maximum atomic E-state index is 12.3. The van der Waals surface area contributed by atoms with Crippen LogP contribution in [-0.2, 0) is 4.79 Å². The normalized spacial score (nSPS) is 11.6. The van der Waals surface area contributed by atoms with Gasteiger partial charge in [0.1, 0.15) is 0 Å². The van der Waals surface area contributed by atoms with E-state index in [2.05, 4.69) is 10.6 Å². The fourth-order valence-corrected chi connectivity index (χ4v) is 2.70. The standard InChI is InChI=1S/C16H14Cl3N3O2/c17-11-4-2-1-3-10(11)14(22-16(20)24)8-15(23)21-9-5-6-12(18)13(19)7-9/h1-7,14H,8H2,(H,21,23)(H3,20,22,24). The molecule has 0 aliphatic carbocycles. The van der Waals surface area contributed by atoms with E-state index >= 15 is 0 Å². The molecule has 0 bridgehead atoms. The zero-order chi connectivity index (χ0) is 17.7. The Labute approximate surface area is 154 Å². The van der Waals surface area contributed by atoms with Gasteiger partial charge in [-0.25, -0.2) is 4.79 Å². The number of carbonyl (C=O) groups excluding carboxylic acids is 2. The second-order valence-electron chi connectivity index (χ2n) is 4.96. The third-order valence-corrected chi connectivity index (χ3v) is 4.27. The molecule has 5 nitrogen and oxygen atoms in total. The van der Waals surface area contributed by atoms with Gasteiger partial charge in [0.25, 0.3) is 0 Å². The van der Waals surface area contributed by atoms with E-state index in [1.54, 1.807) is 36.4 Å². The van der Waals surface area contributed by atoms with Gasteiger partial charge in [0.15, 0.2) is 0 Å². The molecule has 1 atom stereocenters. The van der Waals surface area contributed by atoms with Gasteiger partial charge in [0.2, 0.25) is 5.91 Å². The molecule has 0 aliphatic rings. The number of urea groups is 1. The monoisotopic (exact) mass is 385 g/mol. The first-order chi connectivity index (χ1) is 11.4. The van der Waals surface area contributed by atoms with Crippen LogP contribution < -0.4 is 16.4 Å². The molecule has 0 saturated heterocycles. The molecule has 0 radical (unpaired) electrons. The number of primary amides is 1. The van der Waals surface area contributed by atoms with Crippen molar-refractivity contribution < 1.29 is 9.59 Å². The summed E-state index contributed by atoms with van der Waals surface area (Å²) in [5.41, 5.74) is 6.28. The summed E-state index contributed by atoms with van der Waals surface area (Å²) in [6.45, 7) is 0. The van der Waals surface area contributed by atoms with Gasteiger partial charge in [-0.2, -0.15) is 0 Å². The maximum absolute atomic E-state index is 12.3. The first-order valence-corrected chi connectivity index (χ1v) is 8.05. The number of carbonyl (C=O) groups is 2. The summed E-state index contributed by atoms with van der Waals surface area (Å²) in [5, 5.41) is 6.35. The van der Waals surface area contributed by atoms with Crippen LogP contribution in [0, 0.1) is 0 Å². The quantitative estimate of drug-likeness (QED) is 0.712. The Morgan fingerprint density at radius 2 is 1.71 bits per heavy atom. The Kier molecular flexibility index (Phi) is 6.31. The molecule has 0 heterocycles. The Bertz CT molecular complexity index is 768. The summed E-state index contributed by atoms with van der Waals surface area (Å²) >= 11 is 17.9. The van der Waals surface area contributed by atoms with Gasteiger partial charge in [0, 0.05) is 10.7 Å². The van der Waals surface area contributed by atoms with Gasteiger partial charge in [-0.15, -0.1) is 0 Å². The summed E-state index contributed by atoms with van der Waals surface area (Å²) in [6, 6.07) is 10.2. The number of rotatable bonds is 5. The van der Waals surface area contributed by atoms with Gasteiger partial charge >= 0.3 is 6.03 Å². The number of amides is 3. The van der Waals surface area contributed by atoms with Crippen LogP contribution in [0.1, 0.15) is 18.0 Å². The van der Waals surface area contributed by atoms with Crippen LogP contribution in [0.5, 0.6) is 0 Å². The van der Waals surface area contributed by atoms with E-state index in [1.165, 1.54) is 6.07 Å². The van der Waals surface area contributed by atoms with Crippen LogP contribution in [0.15, 0.2) is 42.5 Å². The zero-order valence-electron chi connectivity index (χ0n) is 12.4. The average molecular weight is 387 g/mol. The smallest absolute Gasteiger partial charge is 0.312 e. The number of benzene rings is 2. The molecule has 2 aromatic rings. The molecule has 3 amide bonds. The van der Waals surface area contributed by atoms with Crippen LogP contribution in [0.4, 0.5) is 10.5 Å². The van der Waals surface area contributed by atoms with E-state index in [-0.39, 0.29) is 12.3 Å². The summed E-state index contributed by atoms with van der Waals surface area (Å²) in [6.07, 6.45) is -0.0487. The lowest BCUT2D eigenvalue weighted by Gasteiger charge is -2.19. The van der Waals surface area contributed by atoms with Gasteiger partial charge in [0.05, 0.1) is 22.5 Å². The third kappa shape index (κ3) is 5.03. The second kappa shape index (κ2) is 8.24. The molecular weight excluding hydrogens is 373 g/mol. The number of anilines is 1. The van der Waals surface area contributed by atoms with E-state index in [4.69, 9.17) is 40.5 Å². The molecule has 4 N–H and O–H groups in total. The van der Waals surface area contributed by atoms with E-state index in [0.29, 0.717) is 26.3 Å². The van der Waals surface area contributed by atoms with Crippen LogP contribution in [0.3, 0.4) is 0 Å². The Balaban J connectivity index is 2.14. The van der Waals surface area contributed by atoms with Crippen LogP contribution >= 0.6 is 34.8 Å². The van der Waals surface area contributed by atoms with Crippen LogP contribution in [-0.4, -0.2) is 11.9 Å². The number of hydrogen-bond acceptors (Lipinski definition) is 2. The minimum absolute atomic E-state index is 0.0487. The lowest BCUT2D eigenvalue weighted by Crippen LogP contribution is -2.35. The highest BCUT2D eigenvalue weighted by atomic mass is 35.5. The van der Waals surface area contributed by atoms with Gasteiger partial charge < -0.3 is 16.4 Å². The van der Waals surface area contributed by atoms with E-state index in [9.17, 15) is 9.59 Å². The lowest BCUT2D eigenvalue weighted by molar-refractivity contribution is -0.116. The Hall–Kier alpha value is -1.95. The van der Waals surface area contributed by atoms with E-state index in [0.717, 1.165) is 0 Å². The van der Waals surface area contributed by atoms with Gasteiger partial charge in [-0.05, 0) is 29.8 Å². The summed E-state index contributed by atoms with van der Waals surface area (Å²) in [7, 11) is 0. The molecule has 0 fully saturated rings. The van der Waals surface area contributed by atoms with Crippen LogP contribution in [0.25, 0.3) is 0 Å². The summed E-state index contributed by atoms with van der Waals surface area (Å²) in [4.78, 5) is 23.5. The van der Waals surface area contributed by atoms with Crippen molar-refractivity contribution in [2.45, 2.75) is 12.5 Å². The molecule has 0 spiro atoms. The van der Waals surface area contributed by atoms with Crippen molar-refractivity contribution >= 4 is 52.4 Å². The number of hydrogen-bond donors (Lipinski definition) is 3. The van der Waals surface area contributed by atoms with Crippen LogP contribution in [0.2, 0.25) is 15.1 Å². The molecule has 0 aromatic heterocycles. The molecule has 8 heteroatoms. The molecule has 0 saturated carbocycles. The number of nitrogens with one attached hydrogen (secondary N) is 2. The van der Waals surface area contributed by atoms with E-state index < -0.39 is 12.1 Å². The summed E-state index contributed by atoms with van der Waals surface area (Å²) in [5.74, 6) is -0.341. The molecule has 1 unspecified atom stereocenters. The van der Waals surface area contributed by atoms with Gasteiger partial charge in [-0.1, -0.05) is 53.0 Å². The van der Waals surface area contributed by atoms with Crippen molar-refractivity contribution in [3.8, 4) is 0 Å². The van der Waals surface area contributed by atoms with Gasteiger partial charge in [-0.3, -0.25) is 4.79 Å². The Morgan fingerprint density at radius 1 is 1.00 bits per heavy atom. The highest BCUT2D eigenvalue weighted by molar-refractivity contribution is 6.42. The highest BCUT2D eigenvalue weighted by Gasteiger charge is 2.20. The molecule has 2 rings (SSSR count). The molecule has 24 heavy (non-hydrogen) atoms. The molecule has 2 aromatic carbocycles. The first kappa shape index (κ1) is 18.4. The fourth-order valence-electron chi connectivity index (χ4n) is 2.14. The Morgan fingerprint density at radius 3 is 2.33 bits per heavy atom.